The van der Waals surface area contributed by atoms with Gasteiger partial charge in [-0.2, -0.15) is 0 Å². The van der Waals surface area contributed by atoms with Gasteiger partial charge in [-0.1, -0.05) is 19.4 Å². The summed E-state index contributed by atoms with van der Waals surface area (Å²) in [6.07, 6.45) is 6.70. The third-order valence-corrected chi connectivity index (χ3v) is 7.40. The maximum absolute atomic E-state index is 12.8. The quantitative estimate of drug-likeness (QED) is 0.758. The lowest BCUT2D eigenvalue weighted by molar-refractivity contribution is -0.153. The fourth-order valence-electron chi connectivity index (χ4n) is 6.15. The molecule has 4 heteroatoms. The molecule has 3 aliphatic rings. The SMILES string of the molecule is CCC[C@H]1[C@H]2C[C@H](CN(Cc3cc(C)c(OC)cc3C)C2)[C@@H]2CCCC(=O)N21. The summed E-state index contributed by atoms with van der Waals surface area (Å²) in [5.74, 6) is 2.70. The maximum atomic E-state index is 12.8. The van der Waals surface area contributed by atoms with Crippen LogP contribution in [0.3, 0.4) is 0 Å². The second-order valence-corrected chi connectivity index (χ2v) is 9.31. The Kier molecular flexibility index (Phi) is 5.69. The molecule has 0 spiro atoms. The van der Waals surface area contributed by atoms with Crippen LogP contribution in [0, 0.1) is 25.7 Å². The molecule has 1 aromatic carbocycles. The summed E-state index contributed by atoms with van der Waals surface area (Å²) in [6.45, 7) is 9.87. The van der Waals surface area contributed by atoms with Gasteiger partial charge in [0.25, 0.3) is 0 Å². The van der Waals surface area contributed by atoms with Gasteiger partial charge in [-0.3, -0.25) is 9.69 Å². The number of likely N-dealkylation sites (tertiary alicyclic amines) is 1. The maximum Gasteiger partial charge on any atom is 0.223 e. The second-order valence-electron chi connectivity index (χ2n) is 9.31. The summed E-state index contributed by atoms with van der Waals surface area (Å²) < 4.78 is 5.49. The van der Waals surface area contributed by atoms with Crippen molar-refractivity contribution in [1.82, 2.24) is 9.80 Å². The molecule has 154 valence electrons. The Bertz CT molecular complexity index is 732. The van der Waals surface area contributed by atoms with Gasteiger partial charge in [-0.05, 0) is 74.1 Å². The smallest absolute Gasteiger partial charge is 0.223 e. The lowest BCUT2D eigenvalue weighted by Gasteiger charge is -2.57. The summed E-state index contributed by atoms with van der Waals surface area (Å²) in [5.41, 5.74) is 3.95. The minimum atomic E-state index is 0.430. The Hall–Kier alpha value is -1.55. The lowest BCUT2D eigenvalue weighted by Crippen LogP contribution is -2.64. The van der Waals surface area contributed by atoms with Crippen LogP contribution in [0.25, 0.3) is 0 Å². The molecular weight excluding hydrogens is 348 g/mol. The van der Waals surface area contributed by atoms with Crippen LogP contribution in [-0.4, -0.2) is 48.0 Å². The summed E-state index contributed by atoms with van der Waals surface area (Å²) in [4.78, 5) is 17.8. The molecule has 0 saturated carbocycles. The first-order valence-corrected chi connectivity index (χ1v) is 11.2. The fourth-order valence-corrected chi connectivity index (χ4v) is 6.15. The molecular formula is C24H36N2O2. The van der Waals surface area contributed by atoms with Crippen molar-refractivity contribution in [3.63, 3.8) is 0 Å². The number of rotatable bonds is 5. The molecule has 1 amide bonds. The number of hydrogen-bond donors (Lipinski definition) is 0. The molecule has 3 saturated heterocycles. The standard InChI is InChI=1S/C24H36N2O2/c1-5-7-21-19-12-20(22-8-6-9-24(27)26(21)22)15-25(14-19)13-18-10-17(3)23(28-4)11-16(18)2/h10-11,19-22H,5-9,12-15H2,1-4H3/t19-,20+,21-,22-/m0/s1. The zero-order valence-electron chi connectivity index (χ0n) is 18.0. The molecule has 0 unspecified atom stereocenters. The Balaban J connectivity index is 1.55. The van der Waals surface area contributed by atoms with Crippen molar-refractivity contribution < 1.29 is 9.53 Å². The van der Waals surface area contributed by atoms with Crippen LogP contribution in [0.2, 0.25) is 0 Å². The Morgan fingerprint density at radius 2 is 1.93 bits per heavy atom. The molecule has 1 aromatic rings. The topological polar surface area (TPSA) is 32.8 Å². The molecule has 4 rings (SSSR count). The molecule has 3 aliphatic heterocycles. The van der Waals surface area contributed by atoms with Crippen LogP contribution < -0.4 is 4.74 Å². The van der Waals surface area contributed by atoms with Crippen molar-refractivity contribution in [2.24, 2.45) is 11.8 Å². The molecule has 2 bridgehead atoms. The largest absolute Gasteiger partial charge is 0.496 e. The van der Waals surface area contributed by atoms with Gasteiger partial charge in [0.05, 0.1) is 7.11 Å². The van der Waals surface area contributed by atoms with Crippen LogP contribution >= 0.6 is 0 Å². The predicted octanol–water partition coefficient (Wildman–Crippen LogP) is 4.31. The summed E-state index contributed by atoms with van der Waals surface area (Å²) >= 11 is 0. The van der Waals surface area contributed by atoms with E-state index in [-0.39, 0.29) is 0 Å². The van der Waals surface area contributed by atoms with Gasteiger partial charge < -0.3 is 9.64 Å². The van der Waals surface area contributed by atoms with Gasteiger partial charge in [0.1, 0.15) is 5.75 Å². The zero-order valence-corrected chi connectivity index (χ0v) is 18.0. The number of aryl methyl sites for hydroxylation is 2. The lowest BCUT2D eigenvalue weighted by atomic mass is 9.71. The van der Waals surface area contributed by atoms with Gasteiger partial charge in [0.2, 0.25) is 5.91 Å². The Morgan fingerprint density at radius 3 is 2.68 bits per heavy atom. The van der Waals surface area contributed by atoms with Crippen molar-refractivity contribution in [1.29, 1.82) is 0 Å². The van der Waals surface area contributed by atoms with Gasteiger partial charge in [0, 0.05) is 38.1 Å². The third kappa shape index (κ3) is 3.56. The minimum absolute atomic E-state index is 0.430. The van der Waals surface area contributed by atoms with Crippen LogP contribution in [0.15, 0.2) is 12.1 Å². The molecule has 4 nitrogen and oxygen atoms in total. The number of nitrogens with zero attached hydrogens (tertiary/aromatic N) is 2. The molecule has 3 heterocycles. The number of ether oxygens (including phenoxy) is 1. The number of methoxy groups -OCH3 is 1. The van der Waals surface area contributed by atoms with Crippen LogP contribution in [-0.2, 0) is 11.3 Å². The van der Waals surface area contributed by atoms with Crippen LogP contribution in [0.1, 0.15) is 62.1 Å². The number of fused-ring (bicyclic) bond motifs is 4. The van der Waals surface area contributed by atoms with Crippen LogP contribution in [0.4, 0.5) is 0 Å². The molecule has 0 N–H and O–H groups in total. The third-order valence-electron chi connectivity index (χ3n) is 7.40. The highest BCUT2D eigenvalue weighted by molar-refractivity contribution is 5.78. The zero-order chi connectivity index (χ0) is 19.8. The summed E-state index contributed by atoms with van der Waals surface area (Å²) in [7, 11) is 1.75. The number of carbonyl (C=O) groups excluding carboxylic acids is 1. The van der Waals surface area contributed by atoms with E-state index in [1.807, 2.05) is 0 Å². The number of piperidine rings is 3. The molecule has 0 aromatic heterocycles. The van der Waals surface area contributed by atoms with E-state index >= 15 is 0 Å². The van der Waals surface area contributed by atoms with E-state index in [0.717, 1.165) is 44.6 Å². The van der Waals surface area contributed by atoms with E-state index < -0.39 is 0 Å². The van der Waals surface area contributed by atoms with Gasteiger partial charge in [-0.25, -0.2) is 0 Å². The highest BCUT2D eigenvalue weighted by Gasteiger charge is 2.48. The van der Waals surface area contributed by atoms with Crippen LogP contribution in [0.5, 0.6) is 5.75 Å². The molecule has 28 heavy (non-hydrogen) atoms. The van der Waals surface area contributed by atoms with E-state index in [2.05, 4.69) is 42.7 Å². The Morgan fingerprint density at radius 1 is 1.14 bits per heavy atom. The number of carbonyl (C=O) groups is 1. The van der Waals surface area contributed by atoms with Crippen molar-refractivity contribution in [2.75, 3.05) is 20.2 Å². The molecule has 0 aliphatic carbocycles. The number of benzene rings is 1. The normalized spacial score (nSPS) is 30.3. The van der Waals surface area contributed by atoms with E-state index in [4.69, 9.17) is 4.74 Å². The highest BCUT2D eigenvalue weighted by atomic mass is 16.5. The predicted molar refractivity (Wildman–Crippen MR) is 113 cm³/mol. The van der Waals surface area contributed by atoms with Crippen molar-refractivity contribution in [3.8, 4) is 5.75 Å². The molecule has 4 atom stereocenters. The fraction of sp³-hybridized carbons (Fsp3) is 0.708. The monoisotopic (exact) mass is 384 g/mol. The van der Waals surface area contributed by atoms with E-state index in [1.54, 1.807) is 7.11 Å². The van der Waals surface area contributed by atoms with E-state index in [0.29, 0.717) is 29.8 Å². The van der Waals surface area contributed by atoms with E-state index in [9.17, 15) is 4.79 Å². The second kappa shape index (κ2) is 8.06. The van der Waals surface area contributed by atoms with Gasteiger partial charge in [-0.15, -0.1) is 0 Å². The highest BCUT2D eigenvalue weighted by Crippen LogP contribution is 2.43. The van der Waals surface area contributed by atoms with Crippen molar-refractivity contribution in [3.05, 3.63) is 28.8 Å². The first-order valence-electron chi connectivity index (χ1n) is 11.2. The summed E-state index contributed by atoms with van der Waals surface area (Å²) in [6, 6.07) is 5.42. The van der Waals surface area contributed by atoms with Gasteiger partial charge in [0.15, 0.2) is 0 Å². The van der Waals surface area contributed by atoms with E-state index in [1.165, 1.54) is 36.0 Å². The average molecular weight is 385 g/mol. The molecule has 3 fully saturated rings. The first kappa shape index (κ1) is 19.8. The average Bonchev–Trinajstić information content (AvgIpc) is 2.68. The minimum Gasteiger partial charge on any atom is -0.496 e. The summed E-state index contributed by atoms with van der Waals surface area (Å²) in [5, 5.41) is 0. The van der Waals surface area contributed by atoms with Crippen molar-refractivity contribution >= 4 is 5.91 Å². The molecule has 0 radical (unpaired) electrons. The number of amides is 1. The first-order chi connectivity index (χ1) is 13.5. The number of hydrogen-bond acceptors (Lipinski definition) is 3. The Labute approximate surface area is 170 Å². The van der Waals surface area contributed by atoms with Gasteiger partial charge >= 0.3 is 0 Å². The van der Waals surface area contributed by atoms with Crippen molar-refractivity contribution in [2.45, 2.75) is 77.9 Å².